The smallest absolute Gasteiger partial charge is 0.305 e. The minimum absolute atomic E-state index is 0.165. The fourth-order valence-electron chi connectivity index (χ4n) is 2.20. The third kappa shape index (κ3) is 4.67. The highest BCUT2D eigenvalue weighted by Crippen LogP contribution is 2.30. The van der Waals surface area contributed by atoms with Gasteiger partial charge in [0.1, 0.15) is 6.10 Å². The first-order valence-electron chi connectivity index (χ1n) is 7.15. The molecule has 0 radical (unpaired) electrons. The fraction of sp³-hybridized carbons (Fsp3) is 0.786. The second kappa shape index (κ2) is 7.06. The first kappa shape index (κ1) is 16.7. The van der Waals surface area contributed by atoms with E-state index in [-0.39, 0.29) is 12.7 Å². The molecular weight excluding hydrogens is 296 g/mol. The van der Waals surface area contributed by atoms with Crippen LogP contribution >= 0.6 is 0 Å². The van der Waals surface area contributed by atoms with E-state index in [0.717, 1.165) is 12.8 Å². The molecule has 0 N–H and O–H groups in total. The summed E-state index contributed by atoms with van der Waals surface area (Å²) in [6.45, 7) is 3.83. The Morgan fingerprint density at radius 2 is 1.45 bits per heavy atom. The molecule has 0 bridgehead atoms. The number of rotatable bonds is 6. The van der Waals surface area contributed by atoms with Crippen LogP contribution in [0.2, 0.25) is 0 Å². The lowest BCUT2D eigenvalue weighted by Gasteiger charge is -2.22. The van der Waals surface area contributed by atoms with Crippen LogP contribution in [0.4, 0.5) is 0 Å². The third-order valence-electron chi connectivity index (χ3n) is 3.17. The maximum Gasteiger partial charge on any atom is 0.305 e. The quantitative estimate of drug-likeness (QED) is 0.510. The van der Waals surface area contributed by atoms with Gasteiger partial charge in [0, 0.05) is 20.8 Å². The Kier molecular flexibility index (Phi) is 5.36. The Balaban J connectivity index is 2.09. The molecule has 0 aromatic rings. The molecule has 8 heteroatoms. The van der Waals surface area contributed by atoms with Crippen molar-refractivity contribution < 1.29 is 38.1 Å². The van der Waals surface area contributed by atoms with Crippen molar-refractivity contribution in [2.75, 3.05) is 6.61 Å². The average molecular weight is 316 g/mol. The first-order chi connectivity index (χ1) is 10.4. The van der Waals surface area contributed by atoms with Gasteiger partial charge in [-0.05, 0) is 12.8 Å². The molecule has 1 saturated heterocycles. The van der Waals surface area contributed by atoms with Crippen molar-refractivity contribution in [1.82, 2.24) is 0 Å². The molecule has 1 aliphatic carbocycles. The standard InChI is InChI=1S/C14H20O8/c1-7(15)19-12-11(6-18-10-4-5-10)22-14(21-9(3)17)13(12)20-8(2)16/h10-14H,4-6H2,1-3H3/t11-,12-,13-,14?/m1/s1. The van der Waals surface area contributed by atoms with Crippen molar-refractivity contribution in [2.45, 2.75) is 64.3 Å². The van der Waals surface area contributed by atoms with Gasteiger partial charge in [-0.3, -0.25) is 14.4 Å². The highest BCUT2D eigenvalue weighted by molar-refractivity contribution is 5.68. The molecule has 1 aliphatic heterocycles. The fourth-order valence-corrected chi connectivity index (χ4v) is 2.20. The lowest BCUT2D eigenvalue weighted by atomic mass is 10.1. The van der Waals surface area contributed by atoms with Gasteiger partial charge in [0.2, 0.25) is 12.4 Å². The molecule has 1 heterocycles. The Bertz CT molecular complexity index is 444. The van der Waals surface area contributed by atoms with Crippen molar-refractivity contribution in [3.05, 3.63) is 0 Å². The number of hydrogen-bond acceptors (Lipinski definition) is 8. The molecule has 1 unspecified atom stereocenters. The predicted molar refractivity (Wildman–Crippen MR) is 70.5 cm³/mol. The summed E-state index contributed by atoms with van der Waals surface area (Å²) in [4.78, 5) is 33.7. The minimum atomic E-state index is -1.13. The molecule has 2 fully saturated rings. The van der Waals surface area contributed by atoms with Gasteiger partial charge in [-0.25, -0.2) is 0 Å². The van der Waals surface area contributed by atoms with Gasteiger partial charge in [0.25, 0.3) is 0 Å². The van der Waals surface area contributed by atoms with E-state index in [1.807, 2.05) is 0 Å². The average Bonchev–Trinajstić information content (AvgIpc) is 3.16. The molecule has 0 amide bonds. The molecule has 2 aliphatic rings. The van der Waals surface area contributed by atoms with Crippen LogP contribution in [-0.2, 0) is 38.1 Å². The maximum atomic E-state index is 11.3. The first-order valence-corrected chi connectivity index (χ1v) is 7.15. The van der Waals surface area contributed by atoms with E-state index in [4.69, 9.17) is 23.7 Å². The van der Waals surface area contributed by atoms with Gasteiger partial charge in [0.05, 0.1) is 12.7 Å². The lowest BCUT2D eigenvalue weighted by Crippen LogP contribution is -2.42. The highest BCUT2D eigenvalue weighted by Gasteiger charge is 2.51. The summed E-state index contributed by atoms with van der Waals surface area (Å²) in [5, 5.41) is 0. The van der Waals surface area contributed by atoms with Crippen LogP contribution < -0.4 is 0 Å². The number of esters is 3. The van der Waals surface area contributed by atoms with Crippen LogP contribution in [-0.4, -0.2) is 55.2 Å². The zero-order valence-corrected chi connectivity index (χ0v) is 12.8. The van der Waals surface area contributed by atoms with Crippen LogP contribution in [0.3, 0.4) is 0 Å². The number of carbonyl (C=O) groups is 3. The van der Waals surface area contributed by atoms with Crippen LogP contribution in [0.1, 0.15) is 33.6 Å². The molecule has 0 aromatic heterocycles. The number of carbonyl (C=O) groups excluding carboxylic acids is 3. The molecule has 22 heavy (non-hydrogen) atoms. The van der Waals surface area contributed by atoms with Gasteiger partial charge < -0.3 is 23.7 Å². The molecule has 124 valence electrons. The van der Waals surface area contributed by atoms with Crippen molar-refractivity contribution in [3.8, 4) is 0 Å². The zero-order chi connectivity index (χ0) is 16.3. The Morgan fingerprint density at radius 3 is 1.95 bits per heavy atom. The second-order valence-electron chi connectivity index (χ2n) is 5.33. The van der Waals surface area contributed by atoms with E-state index in [2.05, 4.69) is 0 Å². The van der Waals surface area contributed by atoms with E-state index >= 15 is 0 Å². The summed E-state index contributed by atoms with van der Waals surface area (Å²) in [7, 11) is 0. The summed E-state index contributed by atoms with van der Waals surface area (Å²) in [5.41, 5.74) is 0. The molecule has 1 saturated carbocycles. The van der Waals surface area contributed by atoms with E-state index in [1.54, 1.807) is 0 Å². The molecule has 2 rings (SSSR count). The number of ether oxygens (including phenoxy) is 5. The number of hydrogen-bond donors (Lipinski definition) is 0. The van der Waals surface area contributed by atoms with E-state index in [0.29, 0.717) is 0 Å². The summed E-state index contributed by atoms with van der Waals surface area (Å²) < 4.78 is 26.4. The van der Waals surface area contributed by atoms with E-state index in [9.17, 15) is 14.4 Å². The molecule has 0 spiro atoms. The van der Waals surface area contributed by atoms with Crippen LogP contribution in [0.5, 0.6) is 0 Å². The van der Waals surface area contributed by atoms with Crippen molar-refractivity contribution in [2.24, 2.45) is 0 Å². The third-order valence-corrected chi connectivity index (χ3v) is 3.17. The van der Waals surface area contributed by atoms with Crippen LogP contribution in [0.25, 0.3) is 0 Å². The SMILES string of the molecule is CC(=O)OC1O[C@H](COC2CC2)[C@@H](OC(C)=O)[C@H]1OC(C)=O. The molecular formula is C14H20O8. The van der Waals surface area contributed by atoms with Gasteiger partial charge >= 0.3 is 17.9 Å². The van der Waals surface area contributed by atoms with Gasteiger partial charge in [-0.2, -0.15) is 0 Å². The molecule has 4 atom stereocenters. The van der Waals surface area contributed by atoms with E-state index in [1.165, 1.54) is 20.8 Å². The van der Waals surface area contributed by atoms with Crippen molar-refractivity contribution in [1.29, 1.82) is 0 Å². The van der Waals surface area contributed by atoms with Crippen molar-refractivity contribution in [3.63, 3.8) is 0 Å². The van der Waals surface area contributed by atoms with Crippen LogP contribution in [0, 0.1) is 0 Å². The van der Waals surface area contributed by atoms with Crippen molar-refractivity contribution >= 4 is 17.9 Å². The summed E-state index contributed by atoms with van der Waals surface area (Å²) in [6, 6.07) is 0. The summed E-state index contributed by atoms with van der Waals surface area (Å²) in [5.74, 6) is -1.73. The predicted octanol–water partition coefficient (Wildman–Crippen LogP) is 0.317. The van der Waals surface area contributed by atoms with E-state index < -0.39 is 42.5 Å². The summed E-state index contributed by atoms with van der Waals surface area (Å²) in [6.07, 6.45) is -1.56. The zero-order valence-electron chi connectivity index (χ0n) is 12.8. The molecule has 8 nitrogen and oxygen atoms in total. The highest BCUT2D eigenvalue weighted by atomic mass is 16.8. The second-order valence-corrected chi connectivity index (χ2v) is 5.33. The summed E-state index contributed by atoms with van der Waals surface area (Å²) >= 11 is 0. The Morgan fingerprint density at radius 1 is 0.909 bits per heavy atom. The maximum absolute atomic E-state index is 11.3. The Hall–Kier alpha value is -1.67. The minimum Gasteiger partial charge on any atom is -0.455 e. The normalized spacial score (nSPS) is 30.7. The van der Waals surface area contributed by atoms with Gasteiger partial charge in [0.15, 0.2) is 6.10 Å². The topological polar surface area (TPSA) is 97.4 Å². The van der Waals surface area contributed by atoms with Crippen LogP contribution in [0.15, 0.2) is 0 Å². The largest absolute Gasteiger partial charge is 0.455 e. The van der Waals surface area contributed by atoms with Gasteiger partial charge in [-0.15, -0.1) is 0 Å². The van der Waals surface area contributed by atoms with Gasteiger partial charge in [-0.1, -0.05) is 0 Å². The molecule has 0 aromatic carbocycles. The monoisotopic (exact) mass is 316 g/mol. The lowest BCUT2D eigenvalue weighted by molar-refractivity contribution is -0.197. The Labute approximate surface area is 128 Å².